The van der Waals surface area contributed by atoms with Crippen LogP contribution >= 0.6 is 23.1 Å². The van der Waals surface area contributed by atoms with Gasteiger partial charge < -0.3 is 5.32 Å². The Bertz CT molecular complexity index is 1040. The highest BCUT2D eigenvalue weighted by Gasteiger charge is 2.13. The van der Waals surface area contributed by atoms with Crippen molar-refractivity contribution in [3.63, 3.8) is 0 Å². The summed E-state index contributed by atoms with van der Waals surface area (Å²) in [6, 6.07) is 14.1. The first kappa shape index (κ1) is 16.0. The Kier molecular flexibility index (Phi) is 4.37. The number of carbonyl (C=O) groups excluding carboxylic acids is 1. The van der Waals surface area contributed by atoms with Crippen LogP contribution in [-0.2, 0) is 11.3 Å². The molecule has 0 aliphatic carbocycles. The molecule has 0 aliphatic heterocycles. The number of nitrogens with one attached hydrogen (secondary N) is 1. The zero-order valence-corrected chi connectivity index (χ0v) is 14.6. The van der Waals surface area contributed by atoms with Crippen molar-refractivity contribution in [3.05, 3.63) is 59.9 Å². The SMILES string of the molecule is O=C(CSc1nnc2sc3ccccc3n12)NCc1ccc(F)cc1. The van der Waals surface area contributed by atoms with Crippen LogP contribution in [0.3, 0.4) is 0 Å². The molecule has 0 saturated carbocycles. The first-order valence-corrected chi connectivity index (χ1v) is 9.37. The molecule has 126 valence electrons. The molecule has 4 rings (SSSR count). The zero-order chi connectivity index (χ0) is 17.2. The standard InChI is InChI=1S/C17H13FN4OS2/c18-12-7-5-11(6-8-12)9-19-15(23)10-24-16-20-21-17-22(16)13-3-1-2-4-14(13)25-17/h1-8H,9-10H2,(H,19,23). The average molecular weight is 372 g/mol. The molecule has 0 atom stereocenters. The van der Waals surface area contributed by atoms with Crippen molar-refractivity contribution in [2.24, 2.45) is 0 Å². The number of thioether (sulfide) groups is 1. The number of amides is 1. The van der Waals surface area contributed by atoms with Crippen molar-refractivity contribution in [1.29, 1.82) is 0 Å². The Balaban J connectivity index is 1.41. The van der Waals surface area contributed by atoms with Crippen molar-refractivity contribution < 1.29 is 9.18 Å². The van der Waals surface area contributed by atoms with Gasteiger partial charge in [0.15, 0.2) is 5.16 Å². The fraction of sp³-hybridized carbons (Fsp3) is 0.118. The second-order valence-corrected chi connectivity index (χ2v) is 7.31. The molecule has 0 aliphatic rings. The predicted octanol–water partition coefficient (Wildman–Crippen LogP) is 3.49. The molecule has 0 fully saturated rings. The van der Waals surface area contributed by atoms with Gasteiger partial charge in [-0.2, -0.15) is 0 Å². The third kappa shape index (κ3) is 3.35. The van der Waals surface area contributed by atoms with Crippen molar-refractivity contribution in [2.45, 2.75) is 11.7 Å². The summed E-state index contributed by atoms with van der Waals surface area (Å²) in [6.07, 6.45) is 0. The first-order valence-electron chi connectivity index (χ1n) is 7.57. The number of thiazole rings is 1. The third-order valence-electron chi connectivity index (χ3n) is 3.65. The number of hydrogen-bond donors (Lipinski definition) is 1. The summed E-state index contributed by atoms with van der Waals surface area (Å²) in [7, 11) is 0. The maximum absolute atomic E-state index is 12.9. The number of fused-ring (bicyclic) bond motifs is 3. The summed E-state index contributed by atoms with van der Waals surface area (Å²) in [4.78, 5) is 12.9. The lowest BCUT2D eigenvalue weighted by Crippen LogP contribution is -2.24. The number of hydrogen-bond acceptors (Lipinski definition) is 5. The van der Waals surface area contributed by atoms with E-state index < -0.39 is 0 Å². The second-order valence-electron chi connectivity index (χ2n) is 5.36. The normalized spacial score (nSPS) is 11.2. The van der Waals surface area contributed by atoms with E-state index in [1.165, 1.54) is 23.9 Å². The summed E-state index contributed by atoms with van der Waals surface area (Å²) < 4.78 is 16.0. The molecule has 1 amide bonds. The lowest BCUT2D eigenvalue weighted by Gasteiger charge is -2.04. The molecule has 25 heavy (non-hydrogen) atoms. The van der Waals surface area contributed by atoms with E-state index in [1.807, 2.05) is 28.7 Å². The summed E-state index contributed by atoms with van der Waals surface area (Å²) in [5.41, 5.74) is 1.90. The van der Waals surface area contributed by atoms with E-state index in [9.17, 15) is 9.18 Å². The lowest BCUT2D eigenvalue weighted by atomic mass is 10.2. The largest absolute Gasteiger partial charge is 0.351 e. The maximum Gasteiger partial charge on any atom is 0.230 e. The number of aromatic nitrogens is 3. The smallest absolute Gasteiger partial charge is 0.230 e. The Morgan fingerprint density at radius 1 is 1.16 bits per heavy atom. The summed E-state index contributed by atoms with van der Waals surface area (Å²) in [6.45, 7) is 0.371. The van der Waals surface area contributed by atoms with Crippen LogP contribution in [0.4, 0.5) is 4.39 Å². The van der Waals surface area contributed by atoms with Gasteiger partial charge in [-0.3, -0.25) is 9.20 Å². The van der Waals surface area contributed by atoms with E-state index in [4.69, 9.17) is 0 Å². The highest BCUT2D eigenvalue weighted by atomic mass is 32.2. The van der Waals surface area contributed by atoms with E-state index >= 15 is 0 Å². The van der Waals surface area contributed by atoms with Gasteiger partial charge in [0.05, 0.1) is 16.0 Å². The molecule has 4 aromatic rings. The van der Waals surface area contributed by atoms with Crippen LogP contribution in [0.15, 0.2) is 53.7 Å². The van der Waals surface area contributed by atoms with Crippen LogP contribution in [0.5, 0.6) is 0 Å². The molecule has 5 nitrogen and oxygen atoms in total. The quantitative estimate of drug-likeness (QED) is 0.545. The first-order chi connectivity index (χ1) is 12.2. The van der Waals surface area contributed by atoms with E-state index in [0.29, 0.717) is 11.7 Å². The van der Waals surface area contributed by atoms with Gasteiger partial charge in [0, 0.05) is 6.54 Å². The van der Waals surface area contributed by atoms with Crippen LogP contribution in [0.2, 0.25) is 0 Å². The van der Waals surface area contributed by atoms with E-state index in [-0.39, 0.29) is 17.5 Å². The van der Waals surface area contributed by atoms with Crippen LogP contribution in [0.25, 0.3) is 15.2 Å². The Morgan fingerprint density at radius 3 is 2.80 bits per heavy atom. The fourth-order valence-electron chi connectivity index (χ4n) is 2.43. The molecule has 0 radical (unpaired) electrons. The topological polar surface area (TPSA) is 59.3 Å². The molecular formula is C17H13FN4OS2. The molecule has 2 heterocycles. The highest BCUT2D eigenvalue weighted by molar-refractivity contribution is 7.99. The average Bonchev–Trinajstić information content (AvgIpc) is 3.18. The molecule has 2 aromatic carbocycles. The molecule has 1 N–H and O–H groups in total. The van der Waals surface area contributed by atoms with Crippen LogP contribution < -0.4 is 5.32 Å². The summed E-state index contributed by atoms with van der Waals surface area (Å²) >= 11 is 2.92. The Morgan fingerprint density at radius 2 is 1.96 bits per heavy atom. The van der Waals surface area contributed by atoms with Gasteiger partial charge >= 0.3 is 0 Å². The van der Waals surface area contributed by atoms with Crippen LogP contribution in [0.1, 0.15) is 5.56 Å². The van der Waals surface area contributed by atoms with E-state index in [2.05, 4.69) is 15.5 Å². The molecule has 0 unspecified atom stereocenters. The van der Waals surface area contributed by atoms with Crippen LogP contribution in [-0.4, -0.2) is 26.3 Å². The van der Waals surface area contributed by atoms with Gasteiger partial charge in [-0.1, -0.05) is 47.4 Å². The number of rotatable bonds is 5. The van der Waals surface area contributed by atoms with Crippen molar-refractivity contribution in [1.82, 2.24) is 19.9 Å². The monoisotopic (exact) mass is 372 g/mol. The van der Waals surface area contributed by atoms with E-state index in [0.717, 1.165) is 20.7 Å². The van der Waals surface area contributed by atoms with Gasteiger partial charge in [-0.15, -0.1) is 10.2 Å². The van der Waals surface area contributed by atoms with Gasteiger partial charge in [0.25, 0.3) is 0 Å². The molecule has 0 spiro atoms. The van der Waals surface area contributed by atoms with Crippen molar-refractivity contribution in [3.8, 4) is 0 Å². The van der Waals surface area contributed by atoms with Crippen molar-refractivity contribution in [2.75, 3.05) is 5.75 Å². The van der Waals surface area contributed by atoms with Gasteiger partial charge in [-0.05, 0) is 29.8 Å². The highest BCUT2D eigenvalue weighted by Crippen LogP contribution is 2.29. The molecule has 0 bridgehead atoms. The van der Waals surface area contributed by atoms with Gasteiger partial charge in [0.1, 0.15) is 5.82 Å². The predicted molar refractivity (Wildman–Crippen MR) is 97.3 cm³/mol. The zero-order valence-electron chi connectivity index (χ0n) is 13.0. The molecular weight excluding hydrogens is 359 g/mol. The van der Waals surface area contributed by atoms with Crippen LogP contribution in [0, 0.1) is 5.82 Å². The number of carbonyl (C=O) groups is 1. The fourth-order valence-corrected chi connectivity index (χ4v) is 4.23. The minimum atomic E-state index is -0.288. The number of nitrogens with zero attached hydrogens (tertiary/aromatic N) is 3. The minimum Gasteiger partial charge on any atom is -0.351 e. The number of benzene rings is 2. The maximum atomic E-state index is 12.9. The van der Waals surface area contributed by atoms with E-state index in [1.54, 1.807) is 23.5 Å². The lowest BCUT2D eigenvalue weighted by molar-refractivity contribution is -0.118. The minimum absolute atomic E-state index is 0.106. The summed E-state index contributed by atoms with van der Waals surface area (Å²) in [5.74, 6) is -0.151. The molecule has 2 aromatic heterocycles. The van der Waals surface area contributed by atoms with Gasteiger partial charge in [-0.25, -0.2) is 4.39 Å². The van der Waals surface area contributed by atoms with Crippen molar-refractivity contribution >= 4 is 44.2 Å². The second kappa shape index (κ2) is 6.81. The van der Waals surface area contributed by atoms with Gasteiger partial charge in [0.2, 0.25) is 10.9 Å². The molecule has 0 saturated heterocycles. The number of halogens is 1. The Labute approximate surface area is 150 Å². The third-order valence-corrected chi connectivity index (χ3v) is 5.59. The molecule has 8 heteroatoms. The summed E-state index contributed by atoms with van der Waals surface area (Å²) in [5, 5.41) is 11.9. The Hall–Kier alpha value is -2.45. The number of para-hydroxylation sites is 1.